The number of hydrogen-bond acceptors (Lipinski definition) is 3. The molecule has 2 heterocycles. The Bertz CT molecular complexity index is 841. The van der Waals surface area contributed by atoms with Crippen LogP contribution in [-0.4, -0.2) is 25.6 Å². The molecule has 0 fully saturated rings. The molecule has 3 aromatic rings. The van der Waals surface area contributed by atoms with Crippen LogP contribution < -0.4 is 0 Å². The number of hydrogen-bond donors (Lipinski definition) is 1. The van der Waals surface area contributed by atoms with Gasteiger partial charge in [-0.1, -0.05) is 12.1 Å². The number of aromatic nitrogens is 3. The highest BCUT2D eigenvalue weighted by Crippen LogP contribution is 2.26. The fourth-order valence-corrected chi connectivity index (χ4v) is 2.07. The van der Waals surface area contributed by atoms with E-state index in [9.17, 15) is 13.6 Å². The van der Waals surface area contributed by atoms with Gasteiger partial charge in [-0.2, -0.15) is 4.39 Å². The van der Waals surface area contributed by atoms with Gasteiger partial charge in [0.05, 0.1) is 5.56 Å². The van der Waals surface area contributed by atoms with Crippen molar-refractivity contribution < 1.29 is 18.7 Å². The van der Waals surface area contributed by atoms with Crippen molar-refractivity contribution in [3.8, 4) is 16.8 Å². The summed E-state index contributed by atoms with van der Waals surface area (Å²) in [4.78, 5) is 18.0. The molecule has 0 radical (unpaired) electrons. The van der Waals surface area contributed by atoms with E-state index in [1.807, 2.05) is 0 Å². The zero-order valence-corrected chi connectivity index (χ0v) is 11.1. The summed E-state index contributed by atoms with van der Waals surface area (Å²) in [5, 5.41) is 8.87. The van der Waals surface area contributed by atoms with Crippen LogP contribution in [0.1, 0.15) is 10.5 Å². The molecule has 7 heteroatoms. The maximum atomic E-state index is 13.8. The van der Waals surface area contributed by atoms with Crippen molar-refractivity contribution >= 4 is 5.97 Å². The zero-order chi connectivity index (χ0) is 15.7. The van der Waals surface area contributed by atoms with Gasteiger partial charge >= 0.3 is 5.97 Å². The van der Waals surface area contributed by atoms with E-state index in [1.54, 1.807) is 18.2 Å². The lowest BCUT2D eigenvalue weighted by Crippen LogP contribution is -1.97. The minimum atomic E-state index is -1.15. The summed E-state index contributed by atoms with van der Waals surface area (Å²) < 4.78 is 29.0. The highest BCUT2D eigenvalue weighted by molar-refractivity contribution is 5.85. The van der Waals surface area contributed by atoms with Crippen LogP contribution in [0.4, 0.5) is 8.78 Å². The zero-order valence-electron chi connectivity index (χ0n) is 11.1. The Kier molecular flexibility index (Phi) is 3.38. The van der Waals surface area contributed by atoms with Crippen LogP contribution in [0.15, 0.2) is 49.1 Å². The molecule has 0 aliphatic heterocycles. The molecule has 0 saturated carbocycles. The maximum absolute atomic E-state index is 13.8. The molecular weight excluding hydrogens is 292 g/mol. The van der Waals surface area contributed by atoms with Crippen LogP contribution in [0.2, 0.25) is 0 Å². The first-order valence-electron chi connectivity index (χ1n) is 6.24. The van der Waals surface area contributed by atoms with Crippen molar-refractivity contribution in [3.05, 3.63) is 66.5 Å². The minimum Gasteiger partial charge on any atom is -0.476 e. The SMILES string of the molecule is O=C(O)c1cn(-c2cccc(-c3c(F)ccnc3F)c2)cn1. The third-order valence-corrected chi connectivity index (χ3v) is 3.09. The van der Waals surface area contributed by atoms with Crippen LogP contribution >= 0.6 is 0 Å². The first-order chi connectivity index (χ1) is 10.6. The van der Waals surface area contributed by atoms with E-state index in [-0.39, 0.29) is 11.3 Å². The summed E-state index contributed by atoms with van der Waals surface area (Å²) in [6, 6.07) is 7.42. The van der Waals surface area contributed by atoms with E-state index in [0.717, 1.165) is 12.3 Å². The fourth-order valence-electron chi connectivity index (χ4n) is 2.07. The highest BCUT2D eigenvalue weighted by Gasteiger charge is 2.13. The number of benzene rings is 1. The van der Waals surface area contributed by atoms with E-state index in [2.05, 4.69) is 9.97 Å². The Labute approximate surface area is 123 Å². The largest absolute Gasteiger partial charge is 0.476 e. The van der Waals surface area contributed by atoms with E-state index < -0.39 is 17.7 Å². The number of carboxylic acid groups (broad SMARTS) is 1. The van der Waals surface area contributed by atoms with Gasteiger partial charge in [0.15, 0.2) is 5.69 Å². The molecule has 1 aromatic carbocycles. The van der Waals surface area contributed by atoms with Crippen molar-refractivity contribution in [2.24, 2.45) is 0 Å². The molecular formula is C15H9F2N3O2. The van der Waals surface area contributed by atoms with Gasteiger partial charge in [0.1, 0.15) is 12.1 Å². The number of imidazole rings is 1. The number of nitrogens with zero attached hydrogens (tertiary/aromatic N) is 3. The average molecular weight is 301 g/mol. The third kappa shape index (κ3) is 2.44. The lowest BCUT2D eigenvalue weighted by atomic mass is 10.1. The summed E-state index contributed by atoms with van der Waals surface area (Å²) in [6.45, 7) is 0. The summed E-state index contributed by atoms with van der Waals surface area (Å²) in [6.07, 6.45) is 3.68. The standard InChI is InChI=1S/C15H9F2N3O2/c16-11-4-5-18-14(17)13(11)9-2-1-3-10(6-9)20-7-12(15(21)22)19-8-20/h1-8H,(H,21,22). The van der Waals surface area contributed by atoms with Crippen molar-refractivity contribution in [2.45, 2.75) is 0 Å². The first kappa shape index (κ1) is 13.9. The molecule has 110 valence electrons. The number of rotatable bonds is 3. The smallest absolute Gasteiger partial charge is 0.356 e. The van der Waals surface area contributed by atoms with Crippen molar-refractivity contribution in [1.82, 2.24) is 14.5 Å². The van der Waals surface area contributed by atoms with Gasteiger partial charge < -0.3 is 9.67 Å². The van der Waals surface area contributed by atoms with Gasteiger partial charge in [0.2, 0.25) is 5.95 Å². The second kappa shape index (κ2) is 5.36. The number of carboxylic acids is 1. The molecule has 0 spiro atoms. The summed E-state index contributed by atoms with van der Waals surface area (Å²) in [5.74, 6) is -2.78. The Morgan fingerprint density at radius 3 is 2.68 bits per heavy atom. The summed E-state index contributed by atoms with van der Waals surface area (Å²) >= 11 is 0. The van der Waals surface area contributed by atoms with E-state index in [1.165, 1.54) is 23.2 Å². The van der Waals surface area contributed by atoms with Gasteiger partial charge in [-0.05, 0) is 23.8 Å². The maximum Gasteiger partial charge on any atom is 0.356 e. The topological polar surface area (TPSA) is 68.0 Å². The molecule has 0 bridgehead atoms. The van der Waals surface area contributed by atoms with E-state index in [4.69, 9.17) is 5.11 Å². The van der Waals surface area contributed by atoms with Crippen LogP contribution in [0.3, 0.4) is 0 Å². The molecule has 0 aliphatic carbocycles. The molecule has 0 unspecified atom stereocenters. The number of pyridine rings is 1. The highest BCUT2D eigenvalue weighted by atomic mass is 19.1. The van der Waals surface area contributed by atoms with Gasteiger partial charge in [-0.15, -0.1) is 0 Å². The van der Waals surface area contributed by atoms with Crippen LogP contribution in [0.25, 0.3) is 16.8 Å². The third-order valence-electron chi connectivity index (χ3n) is 3.09. The monoisotopic (exact) mass is 301 g/mol. The predicted octanol–water partition coefficient (Wildman–Crippen LogP) is 2.91. The Balaban J connectivity index is 2.08. The average Bonchev–Trinajstić information content (AvgIpc) is 2.97. The quantitative estimate of drug-likeness (QED) is 0.755. The first-order valence-corrected chi connectivity index (χ1v) is 6.24. The lowest BCUT2D eigenvalue weighted by Gasteiger charge is -2.07. The second-order valence-electron chi connectivity index (χ2n) is 4.48. The second-order valence-corrected chi connectivity index (χ2v) is 4.48. The summed E-state index contributed by atoms with van der Waals surface area (Å²) in [5.41, 5.74) is 0.471. The van der Waals surface area contributed by atoms with Crippen molar-refractivity contribution in [3.63, 3.8) is 0 Å². The van der Waals surface area contributed by atoms with Crippen LogP contribution in [0, 0.1) is 11.8 Å². The summed E-state index contributed by atoms with van der Waals surface area (Å²) in [7, 11) is 0. The van der Waals surface area contributed by atoms with Gasteiger partial charge in [-0.3, -0.25) is 0 Å². The molecule has 22 heavy (non-hydrogen) atoms. The fraction of sp³-hybridized carbons (Fsp3) is 0. The predicted molar refractivity (Wildman–Crippen MR) is 73.7 cm³/mol. The van der Waals surface area contributed by atoms with Gasteiger partial charge in [0.25, 0.3) is 0 Å². The van der Waals surface area contributed by atoms with Crippen molar-refractivity contribution in [2.75, 3.05) is 0 Å². The molecule has 2 aromatic heterocycles. The van der Waals surface area contributed by atoms with E-state index in [0.29, 0.717) is 11.3 Å². The van der Waals surface area contributed by atoms with Gasteiger partial charge in [0, 0.05) is 18.1 Å². The molecule has 1 N–H and O–H groups in total. The minimum absolute atomic E-state index is 0.121. The molecule has 0 aliphatic rings. The lowest BCUT2D eigenvalue weighted by molar-refractivity contribution is 0.0691. The van der Waals surface area contributed by atoms with Crippen LogP contribution in [-0.2, 0) is 0 Å². The molecule has 0 saturated heterocycles. The molecule has 0 amide bonds. The number of carbonyl (C=O) groups is 1. The molecule has 3 rings (SSSR count). The molecule has 5 nitrogen and oxygen atoms in total. The van der Waals surface area contributed by atoms with Gasteiger partial charge in [-0.25, -0.2) is 19.2 Å². The van der Waals surface area contributed by atoms with Crippen molar-refractivity contribution in [1.29, 1.82) is 0 Å². The Morgan fingerprint density at radius 1 is 1.18 bits per heavy atom. The van der Waals surface area contributed by atoms with E-state index >= 15 is 0 Å². The normalized spacial score (nSPS) is 10.6. The number of halogens is 2. The Hall–Kier alpha value is -3.09. The molecule has 0 atom stereocenters. The Morgan fingerprint density at radius 2 is 2.00 bits per heavy atom. The number of aromatic carboxylic acids is 1. The van der Waals surface area contributed by atoms with Crippen LogP contribution in [0.5, 0.6) is 0 Å².